The predicted molar refractivity (Wildman–Crippen MR) is 74.1 cm³/mol. The molecule has 2 rings (SSSR count). The smallest absolute Gasteiger partial charge is 0.0834 e. The third kappa shape index (κ3) is 2.71. The Kier molecular flexibility index (Phi) is 4.65. The van der Waals surface area contributed by atoms with Crippen LogP contribution < -0.4 is 11.3 Å². The fourth-order valence-corrected chi connectivity index (χ4v) is 3.41. The van der Waals surface area contributed by atoms with Crippen molar-refractivity contribution >= 4 is 11.6 Å². The molecule has 18 heavy (non-hydrogen) atoms. The molecule has 0 saturated heterocycles. The van der Waals surface area contributed by atoms with Crippen LogP contribution in [0.3, 0.4) is 0 Å². The van der Waals surface area contributed by atoms with Gasteiger partial charge in [-0.15, -0.1) is 0 Å². The van der Waals surface area contributed by atoms with Gasteiger partial charge in [-0.2, -0.15) is 5.10 Å². The standard InChI is InChI=1S/C13H23ClN4/c1-3-18-13(11(14)8-16-18)12(17-15)10-6-4-5-9(2)7-10/h8-10,12,17H,3-7,15H2,1-2H3. The number of nitrogens with zero attached hydrogens (tertiary/aromatic N) is 2. The average Bonchev–Trinajstić information content (AvgIpc) is 2.72. The van der Waals surface area contributed by atoms with Crippen molar-refractivity contribution in [3.63, 3.8) is 0 Å². The Hall–Kier alpha value is -0.580. The van der Waals surface area contributed by atoms with Crippen molar-refractivity contribution in [2.75, 3.05) is 0 Å². The predicted octanol–water partition coefficient (Wildman–Crippen LogP) is 2.89. The van der Waals surface area contributed by atoms with Crippen LogP contribution in [0.2, 0.25) is 5.02 Å². The molecule has 1 fully saturated rings. The van der Waals surface area contributed by atoms with Gasteiger partial charge in [0.25, 0.3) is 0 Å². The van der Waals surface area contributed by atoms with E-state index in [1.165, 1.54) is 25.7 Å². The van der Waals surface area contributed by atoms with E-state index in [-0.39, 0.29) is 6.04 Å². The summed E-state index contributed by atoms with van der Waals surface area (Å²) in [4.78, 5) is 0. The first kappa shape index (κ1) is 13.8. The van der Waals surface area contributed by atoms with E-state index in [0.717, 1.165) is 23.2 Å². The van der Waals surface area contributed by atoms with Crippen LogP contribution in [0.15, 0.2) is 6.20 Å². The lowest BCUT2D eigenvalue weighted by molar-refractivity contribution is 0.218. The summed E-state index contributed by atoms with van der Waals surface area (Å²) in [5, 5.41) is 5.03. The molecule has 0 radical (unpaired) electrons. The molecule has 4 nitrogen and oxygen atoms in total. The molecule has 1 aromatic rings. The highest BCUT2D eigenvalue weighted by molar-refractivity contribution is 6.31. The van der Waals surface area contributed by atoms with Crippen LogP contribution in [0.4, 0.5) is 0 Å². The second-order valence-electron chi connectivity index (χ2n) is 5.37. The monoisotopic (exact) mass is 270 g/mol. The number of hydrogen-bond donors (Lipinski definition) is 2. The number of nitrogens with one attached hydrogen (secondary N) is 1. The molecule has 1 aromatic heterocycles. The summed E-state index contributed by atoms with van der Waals surface area (Å²) in [6, 6.07) is 0.114. The van der Waals surface area contributed by atoms with E-state index in [4.69, 9.17) is 17.4 Å². The molecule has 0 aromatic carbocycles. The number of aromatic nitrogens is 2. The SMILES string of the molecule is CCn1ncc(Cl)c1C(NN)C1CCCC(C)C1. The summed E-state index contributed by atoms with van der Waals surface area (Å²) >= 11 is 6.27. The van der Waals surface area contributed by atoms with Gasteiger partial charge in [-0.05, 0) is 31.6 Å². The summed E-state index contributed by atoms with van der Waals surface area (Å²) in [7, 11) is 0. The van der Waals surface area contributed by atoms with Crippen molar-refractivity contribution in [2.45, 2.75) is 52.1 Å². The molecule has 1 aliphatic rings. The van der Waals surface area contributed by atoms with Crippen LogP contribution in [0, 0.1) is 11.8 Å². The van der Waals surface area contributed by atoms with Crippen LogP contribution in [0.25, 0.3) is 0 Å². The van der Waals surface area contributed by atoms with Gasteiger partial charge in [0.05, 0.1) is 23.0 Å². The van der Waals surface area contributed by atoms with Crippen LogP contribution in [-0.4, -0.2) is 9.78 Å². The van der Waals surface area contributed by atoms with E-state index in [2.05, 4.69) is 24.4 Å². The zero-order valence-electron chi connectivity index (χ0n) is 11.2. The fourth-order valence-electron chi connectivity index (χ4n) is 3.16. The van der Waals surface area contributed by atoms with E-state index >= 15 is 0 Å². The molecule has 0 aliphatic heterocycles. The van der Waals surface area contributed by atoms with Crippen molar-refractivity contribution in [2.24, 2.45) is 17.7 Å². The summed E-state index contributed by atoms with van der Waals surface area (Å²) in [5.41, 5.74) is 4.01. The normalized spacial score (nSPS) is 26.2. The van der Waals surface area contributed by atoms with Gasteiger partial charge in [0.1, 0.15) is 0 Å². The maximum atomic E-state index is 6.27. The van der Waals surface area contributed by atoms with E-state index in [9.17, 15) is 0 Å². The highest BCUT2D eigenvalue weighted by Gasteiger charge is 2.30. The molecule has 3 N–H and O–H groups in total. The minimum Gasteiger partial charge on any atom is -0.271 e. The summed E-state index contributed by atoms with van der Waals surface area (Å²) < 4.78 is 1.95. The number of hydrogen-bond acceptors (Lipinski definition) is 3. The van der Waals surface area contributed by atoms with E-state index in [1.807, 2.05) is 4.68 Å². The molecule has 1 aliphatic carbocycles. The molecule has 0 bridgehead atoms. The first-order chi connectivity index (χ1) is 8.67. The largest absolute Gasteiger partial charge is 0.271 e. The second kappa shape index (κ2) is 6.04. The Bertz CT molecular complexity index is 390. The zero-order chi connectivity index (χ0) is 13.1. The van der Waals surface area contributed by atoms with Crippen LogP contribution in [0.5, 0.6) is 0 Å². The number of aryl methyl sites for hydroxylation is 1. The number of nitrogens with two attached hydrogens (primary N) is 1. The number of halogens is 1. The third-order valence-electron chi connectivity index (χ3n) is 4.06. The maximum absolute atomic E-state index is 6.27. The molecular weight excluding hydrogens is 248 g/mol. The Labute approximate surface area is 114 Å². The van der Waals surface area contributed by atoms with Gasteiger partial charge in [0.15, 0.2) is 0 Å². The molecule has 3 unspecified atom stereocenters. The van der Waals surface area contributed by atoms with Crippen molar-refractivity contribution in [3.8, 4) is 0 Å². The summed E-state index contributed by atoms with van der Waals surface area (Å²) in [6.45, 7) is 5.21. The quantitative estimate of drug-likeness (QED) is 0.653. The highest BCUT2D eigenvalue weighted by atomic mass is 35.5. The van der Waals surface area contributed by atoms with Crippen molar-refractivity contribution in [1.82, 2.24) is 15.2 Å². The summed E-state index contributed by atoms with van der Waals surface area (Å²) in [6.07, 6.45) is 6.75. The van der Waals surface area contributed by atoms with Gasteiger partial charge < -0.3 is 0 Å². The van der Waals surface area contributed by atoms with Crippen molar-refractivity contribution < 1.29 is 0 Å². The van der Waals surface area contributed by atoms with Gasteiger partial charge in [-0.1, -0.05) is 31.4 Å². The molecule has 1 heterocycles. The van der Waals surface area contributed by atoms with Crippen LogP contribution >= 0.6 is 11.6 Å². The molecular formula is C13H23ClN4. The second-order valence-corrected chi connectivity index (χ2v) is 5.78. The van der Waals surface area contributed by atoms with Gasteiger partial charge in [-0.25, -0.2) is 0 Å². The Morgan fingerprint density at radius 1 is 1.61 bits per heavy atom. The topological polar surface area (TPSA) is 55.9 Å². The lowest BCUT2D eigenvalue weighted by atomic mass is 9.78. The van der Waals surface area contributed by atoms with E-state index < -0.39 is 0 Å². The lowest BCUT2D eigenvalue weighted by Gasteiger charge is -2.33. The minimum absolute atomic E-state index is 0.114. The third-order valence-corrected chi connectivity index (χ3v) is 4.35. The minimum atomic E-state index is 0.114. The fraction of sp³-hybridized carbons (Fsp3) is 0.769. The first-order valence-corrected chi connectivity index (χ1v) is 7.22. The molecule has 1 saturated carbocycles. The Balaban J connectivity index is 2.24. The van der Waals surface area contributed by atoms with Crippen molar-refractivity contribution in [3.05, 3.63) is 16.9 Å². The summed E-state index contributed by atoms with van der Waals surface area (Å²) in [5.74, 6) is 7.11. The highest BCUT2D eigenvalue weighted by Crippen LogP contribution is 2.38. The van der Waals surface area contributed by atoms with Gasteiger partial charge in [0.2, 0.25) is 0 Å². The van der Waals surface area contributed by atoms with Crippen LogP contribution in [0.1, 0.15) is 51.3 Å². The molecule has 102 valence electrons. The molecule has 0 spiro atoms. The number of rotatable bonds is 4. The lowest BCUT2D eigenvalue weighted by Crippen LogP contribution is -2.37. The van der Waals surface area contributed by atoms with E-state index in [1.54, 1.807) is 6.20 Å². The van der Waals surface area contributed by atoms with Crippen molar-refractivity contribution in [1.29, 1.82) is 0 Å². The maximum Gasteiger partial charge on any atom is 0.0834 e. The average molecular weight is 271 g/mol. The molecule has 3 atom stereocenters. The van der Waals surface area contributed by atoms with Gasteiger partial charge in [0, 0.05) is 6.54 Å². The van der Waals surface area contributed by atoms with Gasteiger partial charge >= 0.3 is 0 Å². The Morgan fingerprint density at radius 3 is 3.00 bits per heavy atom. The van der Waals surface area contributed by atoms with Gasteiger partial charge in [-0.3, -0.25) is 16.0 Å². The van der Waals surface area contributed by atoms with E-state index in [0.29, 0.717) is 5.92 Å². The Morgan fingerprint density at radius 2 is 2.39 bits per heavy atom. The molecule has 5 heteroatoms. The first-order valence-electron chi connectivity index (χ1n) is 6.84. The molecule has 0 amide bonds. The zero-order valence-corrected chi connectivity index (χ0v) is 12.0. The van der Waals surface area contributed by atoms with Crippen LogP contribution in [-0.2, 0) is 6.54 Å². The number of hydrazine groups is 1.